The third-order valence-electron chi connectivity index (χ3n) is 1.30. The minimum absolute atomic E-state index is 0.00245. The summed E-state index contributed by atoms with van der Waals surface area (Å²) in [5, 5.41) is 0. The summed E-state index contributed by atoms with van der Waals surface area (Å²) in [4.78, 5) is 0. The van der Waals surface area contributed by atoms with Crippen LogP contribution in [0, 0.1) is 5.92 Å². The van der Waals surface area contributed by atoms with Crippen LogP contribution >= 0.6 is 0 Å². The van der Waals surface area contributed by atoms with Gasteiger partial charge in [-0.2, -0.15) is 0 Å². The van der Waals surface area contributed by atoms with Gasteiger partial charge in [0.1, 0.15) is 0 Å². The van der Waals surface area contributed by atoms with Crippen molar-refractivity contribution in [1.82, 2.24) is 0 Å². The molecule has 0 aromatic rings. The molecule has 2 nitrogen and oxygen atoms in total. The Hall–Kier alpha value is -0.290. The fourth-order valence-corrected chi connectivity index (χ4v) is 0.383. The van der Waals surface area contributed by atoms with Gasteiger partial charge in [-0.1, -0.05) is 13.8 Å². The molecule has 0 amide bonds. The van der Waals surface area contributed by atoms with Crippen molar-refractivity contribution in [1.29, 1.82) is 0 Å². The summed E-state index contributed by atoms with van der Waals surface area (Å²) in [7, 11) is 0. The van der Waals surface area contributed by atoms with Gasteiger partial charge in [0.25, 0.3) is 0 Å². The quantitative estimate of drug-likeness (QED) is 0.698. The molecule has 11 heavy (non-hydrogen) atoms. The van der Waals surface area contributed by atoms with Crippen LogP contribution in [0.4, 0.5) is 13.2 Å². The van der Waals surface area contributed by atoms with E-state index in [2.05, 4.69) is 4.74 Å². The van der Waals surface area contributed by atoms with Gasteiger partial charge in [0.2, 0.25) is 0 Å². The first-order valence-electron chi connectivity index (χ1n) is 3.29. The van der Waals surface area contributed by atoms with Crippen molar-refractivity contribution in [3.05, 3.63) is 0 Å². The lowest BCUT2D eigenvalue weighted by Gasteiger charge is -2.16. The lowest BCUT2D eigenvalue weighted by Crippen LogP contribution is -2.34. The third-order valence-corrected chi connectivity index (χ3v) is 1.30. The maximum Gasteiger partial charge on any atom is 0.522 e. The van der Waals surface area contributed by atoms with Gasteiger partial charge in [-0.3, -0.25) is 4.74 Å². The van der Waals surface area contributed by atoms with Crippen molar-refractivity contribution in [2.45, 2.75) is 26.3 Å². The summed E-state index contributed by atoms with van der Waals surface area (Å²) in [6.45, 7) is 3.01. The molecule has 0 radical (unpaired) electrons. The first kappa shape index (κ1) is 10.7. The van der Waals surface area contributed by atoms with Crippen LogP contribution in [0.2, 0.25) is 0 Å². The normalized spacial score (nSPS) is 15.5. The Kier molecular flexibility index (Phi) is 3.82. The second-order valence-corrected chi connectivity index (χ2v) is 2.66. The maximum absolute atomic E-state index is 11.4. The Morgan fingerprint density at radius 2 is 1.82 bits per heavy atom. The number of hydrogen-bond acceptors (Lipinski definition) is 2. The van der Waals surface area contributed by atoms with Gasteiger partial charge in [0.15, 0.2) is 0 Å². The van der Waals surface area contributed by atoms with E-state index in [1.54, 1.807) is 13.8 Å². The zero-order valence-corrected chi connectivity index (χ0v) is 6.48. The lowest BCUT2D eigenvalue weighted by atomic mass is 10.1. The minimum Gasteiger partial charge on any atom is -0.325 e. The Morgan fingerprint density at radius 3 is 2.09 bits per heavy atom. The van der Waals surface area contributed by atoms with E-state index in [9.17, 15) is 13.2 Å². The van der Waals surface area contributed by atoms with Gasteiger partial charge >= 0.3 is 6.36 Å². The molecule has 0 aliphatic carbocycles. The lowest BCUT2D eigenvalue weighted by molar-refractivity contribution is -0.326. The molecule has 0 aliphatic rings. The van der Waals surface area contributed by atoms with Crippen LogP contribution in [0.25, 0.3) is 0 Å². The Balaban J connectivity index is 3.54. The highest BCUT2D eigenvalue weighted by Gasteiger charge is 2.30. The van der Waals surface area contributed by atoms with E-state index >= 15 is 0 Å². The number of nitrogens with two attached hydrogens (primary N) is 1. The molecular formula is C6H12F3NO. The van der Waals surface area contributed by atoms with E-state index in [1.807, 2.05) is 0 Å². The predicted molar refractivity (Wildman–Crippen MR) is 34.8 cm³/mol. The van der Waals surface area contributed by atoms with E-state index in [0.29, 0.717) is 0 Å². The van der Waals surface area contributed by atoms with E-state index in [1.165, 1.54) is 0 Å². The van der Waals surface area contributed by atoms with E-state index in [4.69, 9.17) is 5.73 Å². The van der Waals surface area contributed by atoms with Crippen LogP contribution < -0.4 is 5.73 Å². The molecule has 5 heteroatoms. The highest BCUT2D eigenvalue weighted by Crippen LogP contribution is 2.16. The van der Waals surface area contributed by atoms with Gasteiger partial charge < -0.3 is 5.73 Å². The summed E-state index contributed by atoms with van der Waals surface area (Å²) in [6, 6.07) is -0.559. The molecule has 0 spiro atoms. The van der Waals surface area contributed by atoms with Crippen molar-refractivity contribution in [2.24, 2.45) is 11.7 Å². The maximum atomic E-state index is 11.4. The topological polar surface area (TPSA) is 35.2 Å². The average molecular weight is 171 g/mol. The summed E-state index contributed by atoms with van der Waals surface area (Å²) in [6.07, 6.45) is -4.56. The molecule has 2 N–H and O–H groups in total. The second kappa shape index (κ2) is 3.92. The fraction of sp³-hybridized carbons (Fsp3) is 1.00. The molecule has 0 fully saturated rings. The number of hydrogen-bond donors (Lipinski definition) is 1. The highest BCUT2D eigenvalue weighted by atomic mass is 19.4. The predicted octanol–water partition coefficient (Wildman–Crippen LogP) is 1.51. The number of rotatable bonds is 3. The van der Waals surface area contributed by atoms with Crippen LogP contribution in [0.1, 0.15) is 13.8 Å². The van der Waals surface area contributed by atoms with Crippen LogP contribution in [0.15, 0.2) is 0 Å². The van der Waals surface area contributed by atoms with Crippen LogP contribution in [-0.4, -0.2) is 19.0 Å². The molecule has 0 saturated carbocycles. The molecule has 0 heterocycles. The Morgan fingerprint density at radius 1 is 1.36 bits per heavy atom. The number of ether oxygens (including phenoxy) is 1. The minimum atomic E-state index is -4.56. The second-order valence-electron chi connectivity index (χ2n) is 2.66. The highest BCUT2D eigenvalue weighted by molar-refractivity contribution is 4.63. The number of alkyl halides is 3. The Labute approximate surface area is 63.5 Å². The molecular weight excluding hydrogens is 159 g/mol. The molecule has 68 valence electrons. The van der Waals surface area contributed by atoms with Crippen molar-refractivity contribution < 1.29 is 17.9 Å². The van der Waals surface area contributed by atoms with Crippen LogP contribution in [-0.2, 0) is 4.74 Å². The van der Waals surface area contributed by atoms with Gasteiger partial charge in [0.05, 0.1) is 6.61 Å². The fourth-order valence-electron chi connectivity index (χ4n) is 0.383. The summed E-state index contributed by atoms with van der Waals surface area (Å²) < 4.78 is 37.7. The van der Waals surface area contributed by atoms with Gasteiger partial charge in [0, 0.05) is 6.04 Å². The SMILES string of the molecule is CC(C)C(N)COC(F)(F)F. The van der Waals surface area contributed by atoms with Crippen molar-refractivity contribution in [2.75, 3.05) is 6.61 Å². The summed E-state index contributed by atoms with van der Waals surface area (Å²) >= 11 is 0. The monoisotopic (exact) mass is 171 g/mol. The van der Waals surface area contributed by atoms with E-state index in [-0.39, 0.29) is 5.92 Å². The third kappa shape index (κ3) is 6.12. The molecule has 0 aromatic carbocycles. The largest absolute Gasteiger partial charge is 0.522 e. The summed E-state index contributed by atoms with van der Waals surface area (Å²) in [5.41, 5.74) is 5.30. The van der Waals surface area contributed by atoms with Crippen LogP contribution in [0.5, 0.6) is 0 Å². The molecule has 1 atom stereocenters. The average Bonchev–Trinajstić information content (AvgIpc) is 1.80. The molecule has 0 aromatic heterocycles. The van der Waals surface area contributed by atoms with Gasteiger partial charge in [-0.15, -0.1) is 13.2 Å². The molecule has 0 saturated heterocycles. The van der Waals surface area contributed by atoms with Crippen molar-refractivity contribution in [3.63, 3.8) is 0 Å². The smallest absolute Gasteiger partial charge is 0.325 e. The standard InChI is InChI=1S/C6H12F3NO/c1-4(2)5(10)3-11-6(7,8)9/h4-5H,3,10H2,1-2H3. The zero-order chi connectivity index (χ0) is 9.07. The molecule has 0 bridgehead atoms. The first-order chi connectivity index (χ1) is 4.83. The van der Waals surface area contributed by atoms with E-state index in [0.717, 1.165) is 0 Å². The van der Waals surface area contributed by atoms with Crippen molar-refractivity contribution >= 4 is 0 Å². The molecule has 1 unspecified atom stereocenters. The Bertz CT molecular complexity index is 113. The molecule has 0 aliphatic heterocycles. The van der Waals surface area contributed by atoms with Gasteiger partial charge in [-0.05, 0) is 5.92 Å². The molecule has 0 rings (SSSR count). The number of halogens is 3. The van der Waals surface area contributed by atoms with Gasteiger partial charge in [-0.25, -0.2) is 0 Å². The zero-order valence-electron chi connectivity index (χ0n) is 6.48. The van der Waals surface area contributed by atoms with E-state index < -0.39 is 19.0 Å². The van der Waals surface area contributed by atoms with Crippen molar-refractivity contribution in [3.8, 4) is 0 Å². The summed E-state index contributed by atoms with van der Waals surface area (Å²) in [5.74, 6) is -0.00245. The van der Waals surface area contributed by atoms with Crippen LogP contribution in [0.3, 0.4) is 0 Å². The first-order valence-corrected chi connectivity index (χ1v) is 3.29.